The first-order valence-corrected chi connectivity index (χ1v) is 10.0. The number of benzene rings is 3. The van der Waals surface area contributed by atoms with E-state index in [1.807, 2.05) is 0 Å². The molecule has 0 bridgehead atoms. The van der Waals surface area contributed by atoms with Crippen molar-refractivity contribution in [2.75, 3.05) is 6.61 Å². The van der Waals surface area contributed by atoms with Gasteiger partial charge in [-0.3, -0.25) is 0 Å². The van der Waals surface area contributed by atoms with Crippen LogP contribution in [0, 0.1) is 0 Å². The number of rotatable bonds is 4. The quantitative estimate of drug-likeness (QED) is 0.619. The number of halogens is 1. The maximum absolute atomic E-state index is 13.2. The molecule has 0 aliphatic carbocycles. The Morgan fingerprint density at radius 2 is 1.63 bits per heavy atom. The van der Waals surface area contributed by atoms with Crippen LogP contribution in [0.25, 0.3) is 0 Å². The topological polar surface area (TPSA) is 76.0 Å². The Labute approximate surface area is 179 Å². The maximum Gasteiger partial charge on any atom is 0.346 e. The Morgan fingerprint density at radius 1 is 1.00 bits per heavy atom. The first-order chi connectivity index (χ1) is 14.4. The van der Waals surface area contributed by atoms with Gasteiger partial charge >= 0.3 is 5.97 Å². The van der Waals surface area contributed by atoms with Gasteiger partial charge in [0.15, 0.2) is 0 Å². The summed E-state index contributed by atoms with van der Waals surface area (Å²) < 4.78 is 11.2. The lowest BCUT2D eigenvalue weighted by molar-refractivity contribution is -0.280. The van der Waals surface area contributed by atoms with E-state index < -0.39 is 23.3 Å². The fraction of sp³-hybridized carbons (Fsp3) is 0.208. The summed E-state index contributed by atoms with van der Waals surface area (Å²) in [6.07, 6.45) is 0. The van der Waals surface area contributed by atoms with Gasteiger partial charge in [-0.1, -0.05) is 72.3 Å². The molecule has 0 saturated carbocycles. The van der Waals surface area contributed by atoms with Crippen molar-refractivity contribution in [2.24, 2.45) is 0 Å². The summed E-state index contributed by atoms with van der Waals surface area (Å²) >= 11 is 6.06. The number of carbonyl (C=O) groups is 1. The molecular weight excluding hydrogens is 404 g/mol. The molecule has 30 heavy (non-hydrogen) atoms. The summed E-state index contributed by atoms with van der Waals surface area (Å²) in [4.78, 5) is 13.2. The molecule has 5 nitrogen and oxygen atoms in total. The monoisotopic (exact) mass is 424 g/mol. The number of ether oxygens (including phenoxy) is 2. The Balaban J connectivity index is 2.03. The van der Waals surface area contributed by atoms with Crippen molar-refractivity contribution < 1.29 is 24.5 Å². The number of hydrogen-bond acceptors (Lipinski definition) is 5. The van der Waals surface area contributed by atoms with E-state index in [1.165, 1.54) is 0 Å². The molecular formula is C24H21ClO5. The van der Waals surface area contributed by atoms with E-state index in [-0.39, 0.29) is 12.2 Å². The fourth-order valence-electron chi connectivity index (χ4n) is 3.99. The Morgan fingerprint density at radius 3 is 2.30 bits per heavy atom. The van der Waals surface area contributed by atoms with Crippen LogP contribution < -0.4 is 4.74 Å². The van der Waals surface area contributed by atoms with Gasteiger partial charge in [0.05, 0.1) is 12.5 Å². The highest BCUT2D eigenvalue weighted by Gasteiger charge is 2.67. The Bertz CT molecular complexity index is 1050. The molecule has 1 aliphatic heterocycles. The summed E-state index contributed by atoms with van der Waals surface area (Å²) in [6.45, 7) is 1.67. The highest BCUT2D eigenvalue weighted by atomic mass is 35.5. The second-order valence-corrected chi connectivity index (χ2v) is 7.56. The molecule has 3 atom stereocenters. The van der Waals surface area contributed by atoms with Gasteiger partial charge in [-0.25, -0.2) is 4.79 Å². The summed E-state index contributed by atoms with van der Waals surface area (Å²) in [6, 6.07) is 22.1. The van der Waals surface area contributed by atoms with Gasteiger partial charge < -0.3 is 19.7 Å². The number of para-hydroxylation sites is 1. The zero-order valence-corrected chi connectivity index (χ0v) is 17.0. The summed E-state index contributed by atoms with van der Waals surface area (Å²) in [5, 5.41) is 24.3. The number of fused-ring (bicyclic) bond motifs is 1. The maximum atomic E-state index is 13.2. The predicted octanol–water partition coefficient (Wildman–Crippen LogP) is 4.00. The third-order valence-electron chi connectivity index (χ3n) is 5.38. The van der Waals surface area contributed by atoms with E-state index in [9.17, 15) is 15.0 Å². The van der Waals surface area contributed by atoms with Gasteiger partial charge in [0.1, 0.15) is 5.75 Å². The molecule has 0 aromatic heterocycles. The van der Waals surface area contributed by atoms with Crippen LogP contribution in [0.2, 0.25) is 5.02 Å². The van der Waals surface area contributed by atoms with Crippen LogP contribution in [0.5, 0.6) is 5.75 Å². The van der Waals surface area contributed by atoms with Crippen molar-refractivity contribution in [1.29, 1.82) is 0 Å². The number of aliphatic hydroxyl groups is 2. The van der Waals surface area contributed by atoms with Gasteiger partial charge in [0.2, 0.25) is 5.60 Å². The molecule has 1 aliphatic rings. The zero-order chi connectivity index (χ0) is 21.4. The van der Waals surface area contributed by atoms with Crippen LogP contribution in [0.3, 0.4) is 0 Å². The fourth-order valence-corrected chi connectivity index (χ4v) is 4.11. The summed E-state index contributed by atoms with van der Waals surface area (Å²) in [5.41, 5.74) is -1.10. The minimum Gasteiger partial charge on any atom is -0.464 e. The molecule has 0 saturated heterocycles. The van der Waals surface area contributed by atoms with E-state index >= 15 is 0 Å². The van der Waals surface area contributed by atoms with Crippen LogP contribution in [0.15, 0.2) is 78.9 Å². The molecule has 0 radical (unpaired) electrons. The van der Waals surface area contributed by atoms with Crippen LogP contribution in [-0.4, -0.2) is 28.4 Å². The summed E-state index contributed by atoms with van der Waals surface area (Å²) in [7, 11) is 0. The lowest BCUT2D eigenvalue weighted by Gasteiger charge is -2.49. The smallest absolute Gasteiger partial charge is 0.346 e. The van der Waals surface area contributed by atoms with Crippen molar-refractivity contribution in [2.45, 2.75) is 24.2 Å². The van der Waals surface area contributed by atoms with Gasteiger partial charge in [0, 0.05) is 16.1 Å². The second kappa shape index (κ2) is 7.76. The minimum atomic E-state index is -2.47. The van der Waals surface area contributed by atoms with Crippen LogP contribution in [0.1, 0.15) is 29.5 Å². The number of carbonyl (C=O) groups excluding carboxylic acids is 1. The molecule has 6 heteroatoms. The molecule has 4 rings (SSSR count). The molecule has 154 valence electrons. The van der Waals surface area contributed by atoms with E-state index in [2.05, 4.69) is 0 Å². The van der Waals surface area contributed by atoms with Gasteiger partial charge in [-0.05, 0) is 30.7 Å². The van der Waals surface area contributed by atoms with Crippen molar-refractivity contribution in [3.63, 3.8) is 0 Å². The standard InChI is InChI=1S/C24H21ClO5/c1-2-29-22(26)23(27)21(16-12-14-18(25)15-13-16)19-10-6-7-11-20(19)30-24(23,28)17-8-4-3-5-9-17/h3-15,21,27-28H,2H2,1H3/t21?,23-,24+/m1/s1. The largest absolute Gasteiger partial charge is 0.464 e. The van der Waals surface area contributed by atoms with E-state index in [0.717, 1.165) is 0 Å². The zero-order valence-electron chi connectivity index (χ0n) is 16.3. The summed E-state index contributed by atoms with van der Waals surface area (Å²) in [5.74, 6) is -3.98. The Hall–Kier alpha value is -2.86. The van der Waals surface area contributed by atoms with E-state index in [1.54, 1.807) is 85.8 Å². The average Bonchev–Trinajstić information content (AvgIpc) is 2.76. The van der Waals surface area contributed by atoms with Crippen molar-refractivity contribution in [3.05, 3.63) is 101 Å². The SMILES string of the molecule is CCOC(=O)[C@]1(O)C(c2ccc(Cl)cc2)c2ccccc2O[C@@]1(O)c1ccccc1. The second-order valence-electron chi connectivity index (χ2n) is 7.12. The molecule has 3 aromatic carbocycles. The van der Waals surface area contributed by atoms with Crippen molar-refractivity contribution in [1.82, 2.24) is 0 Å². The van der Waals surface area contributed by atoms with E-state index in [4.69, 9.17) is 21.1 Å². The molecule has 0 spiro atoms. The molecule has 3 aromatic rings. The van der Waals surface area contributed by atoms with Gasteiger partial charge in [0.25, 0.3) is 5.79 Å². The highest BCUT2D eigenvalue weighted by molar-refractivity contribution is 6.30. The van der Waals surface area contributed by atoms with Crippen LogP contribution in [0.4, 0.5) is 0 Å². The van der Waals surface area contributed by atoms with Crippen LogP contribution >= 0.6 is 11.6 Å². The minimum absolute atomic E-state index is 0.0288. The molecule has 0 amide bonds. The lowest BCUT2D eigenvalue weighted by Crippen LogP contribution is -2.66. The third kappa shape index (κ3) is 3.06. The normalized spacial score (nSPS) is 25.1. The van der Waals surface area contributed by atoms with E-state index in [0.29, 0.717) is 21.9 Å². The predicted molar refractivity (Wildman–Crippen MR) is 112 cm³/mol. The third-order valence-corrected chi connectivity index (χ3v) is 5.63. The number of hydrogen-bond donors (Lipinski definition) is 2. The average molecular weight is 425 g/mol. The molecule has 1 unspecified atom stereocenters. The first kappa shape index (κ1) is 20.4. The Kier molecular flexibility index (Phi) is 5.28. The highest BCUT2D eigenvalue weighted by Crippen LogP contribution is 2.54. The van der Waals surface area contributed by atoms with Gasteiger partial charge in [-0.2, -0.15) is 0 Å². The van der Waals surface area contributed by atoms with Crippen molar-refractivity contribution >= 4 is 17.6 Å². The molecule has 1 heterocycles. The lowest BCUT2D eigenvalue weighted by atomic mass is 9.68. The van der Waals surface area contributed by atoms with Crippen LogP contribution in [-0.2, 0) is 15.3 Å². The molecule has 2 N–H and O–H groups in total. The molecule has 0 fully saturated rings. The first-order valence-electron chi connectivity index (χ1n) is 9.62. The number of esters is 1. The van der Waals surface area contributed by atoms with Gasteiger partial charge in [-0.15, -0.1) is 0 Å². The van der Waals surface area contributed by atoms with Crippen molar-refractivity contribution in [3.8, 4) is 5.75 Å².